The molecule has 0 aliphatic carbocycles. The largest absolute Gasteiger partial charge is 0.485 e. The summed E-state index contributed by atoms with van der Waals surface area (Å²) in [6.07, 6.45) is 3.04. The van der Waals surface area contributed by atoms with Crippen LogP contribution in [0.1, 0.15) is 19.3 Å². The van der Waals surface area contributed by atoms with Crippen molar-refractivity contribution in [2.75, 3.05) is 32.8 Å². The van der Waals surface area contributed by atoms with Crippen molar-refractivity contribution in [2.45, 2.75) is 25.4 Å². The SMILES string of the molecule is O=C(NCCCN1CCCC1)C1COc2ccccc2O1. The number of fused-ring (bicyclic) bond motifs is 1. The van der Waals surface area contributed by atoms with Crippen LogP contribution in [0.4, 0.5) is 0 Å². The second-order valence-corrected chi connectivity index (χ2v) is 5.56. The summed E-state index contributed by atoms with van der Waals surface area (Å²) >= 11 is 0. The zero-order valence-corrected chi connectivity index (χ0v) is 12.2. The third-order valence-electron chi connectivity index (χ3n) is 3.95. The molecule has 1 aromatic rings. The Balaban J connectivity index is 1.40. The topological polar surface area (TPSA) is 50.8 Å². The highest BCUT2D eigenvalue weighted by Gasteiger charge is 2.26. The first-order valence-corrected chi connectivity index (χ1v) is 7.71. The van der Waals surface area contributed by atoms with Crippen molar-refractivity contribution in [3.05, 3.63) is 24.3 Å². The number of ether oxygens (including phenoxy) is 2. The van der Waals surface area contributed by atoms with Gasteiger partial charge in [-0.1, -0.05) is 12.1 Å². The van der Waals surface area contributed by atoms with Gasteiger partial charge in [0, 0.05) is 6.54 Å². The molecule has 2 heterocycles. The maximum Gasteiger partial charge on any atom is 0.264 e. The summed E-state index contributed by atoms with van der Waals surface area (Å²) in [5.41, 5.74) is 0. The van der Waals surface area contributed by atoms with Gasteiger partial charge < -0.3 is 19.7 Å². The predicted octanol–water partition coefficient (Wildman–Crippen LogP) is 1.43. The first kappa shape index (κ1) is 14.2. The average molecular weight is 290 g/mol. The van der Waals surface area contributed by atoms with Gasteiger partial charge in [-0.15, -0.1) is 0 Å². The van der Waals surface area contributed by atoms with E-state index < -0.39 is 6.10 Å². The first-order chi connectivity index (χ1) is 10.3. The van der Waals surface area contributed by atoms with E-state index in [1.807, 2.05) is 24.3 Å². The van der Waals surface area contributed by atoms with E-state index in [1.165, 1.54) is 25.9 Å². The molecule has 3 rings (SSSR count). The van der Waals surface area contributed by atoms with Crippen LogP contribution in [0.3, 0.4) is 0 Å². The maximum atomic E-state index is 12.1. The lowest BCUT2D eigenvalue weighted by molar-refractivity contribution is -0.130. The van der Waals surface area contributed by atoms with Gasteiger partial charge in [-0.2, -0.15) is 0 Å². The molecule has 1 atom stereocenters. The lowest BCUT2D eigenvalue weighted by Gasteiger charge is -2.25. The van der Waals surface area contributed by atoms with Crippen molar-refractivity contribution in [2.24, 2.45) is 0 Å². The van der Waals surface area contributed by atoms with Gasteiger partial charge in [0.2, 0.25) is 6.10 Å². The minimum atomic E-state index is -0.549. The molecule has 0 radical (unpaired) electrons. The molecule has 1 amide bonds. The zero-order chi connectivity index (χ0) is 14.5. The molecule has 2 aliphatic heterocycles. The number of nitrogens with one attached hydrogen (secondary N) is 1. The van der Waals surface area contributed by atoms with E-state index in [0.29, 0.717) is 18.0 Å². The van der Waals surface area contributed by atoms with Gasteiger partial charge in [-0.25, -0.2) is 0 Å². The van der Waals surface area contributed by atoms with Crippen LogP contribution in [0, 0.1) is 0 Å². The van der Waals surface area contributed by atoms with E-state index in [1.54, 1.807) is 0 Å². The average Bonchev–Trinajstić information content (AvgIpc) is 3.04. The standard InChI is InChI=1S/C16H22N2O3/c19-16(17-8-5-11-18-9-3-4-10-18)15-12-20-13-6-1-2-7-14(13)21-15/h1-2,6-7,15H,3-5,8-12H2,(H,17,19). The summed E-state index contributed by atoms with van der Waals surface area (Å²) in [4.78, 5) is 14.5. The summed E-state index contributed by atoms with van der Waals surface area (Å²) in [5.74, 6) is 1.25. The molecule has 1 aromatic carbocycles. The van der Waals surface area contributed by atoms with Gasteiger partial charge in [-0.05, 0) is 51.0 Å². The highest BCUT2D eigenvalue weighted by Crippen LogP contribution is 2.30. The molecule has 0 saturated carbocycles. The van der Waals surface area contributed by atoms with E-state index in [0.717, 1.165) is 13.0 Å². The highest BCUT2D eigenvalue weighted by atomic mass is 16.6. The van der Waals surface area contributed by atoms with Crippen LogP contribution in [0.5, 0.6) is 11.5 Å². The molecule has 0 aromatic heterocycles. The van der Waals surface area contributed by atoms with Gasteiger partial charge in [0.25, 0.3) is 5.91 Å². The molecule has 2 aliphatic rings. The number of rotatable bonds is 5. The number of carbonyl (C=O) groups is 1. The second-order valence-electron chi connectivity index (χ2n) is 5.56. The van der Waals surface area contributed by atoms with E-state index in [9.17, 15) is 4.79 Å². The number of hydrogen-bond donors (Lipinski definition) is 1. The molecule has 1 unspecified atom stereocenters. The van der Waals surface area contributed by atoms with Gasteiger partial charge in [0.15, 0.2) is 11.5 Å². The quantitative estimate of drug-likeness (QED) is 0.834. The lowest BCUT2D eigenvalue weighted by atomic mass is 10.2. The minimum absolute atomic E-state index is 0.0917. The monoisotopic (exact) mass is 290 g/mol. The molecular weight excluding hydrogens is 268 g/mol. The minimum Gasteiger partial charge on any atom is -0.485 e. The van der Waals surface area contributed by atoms with Crippen molar-refractivity contribution >= 4 is 5.91 Å². The summed E-state index contributed by atoms with van der Waals surface area (Å²) < 4.78 is 11.2. The molecule has 5 heteroatoms. The Morgan fingerprint density at radius 1 is 1.24 bits per heavy atom. The van der Waals surface area contributed by atoms with E-state index in [2.05, 4.69) is 10.2 Å². The first-order valence-electron chi connectivity index (χ1n) is 7.71. The number of para-hydroxylation sites is 2. The number of amides is 1. The van der Waals surface area contributed by atoms with Crippen molar-refractivity contribution in [3.8, 4) is 11.5 Å². The molecule has 0 bridgehead atoms. The number of benzene rings is 1. The van der Waals surface area contributed by atoms with Gasteiger partial charge >= 0.3 is 0 Å². The summed E-state index contributed by atoms with van der Waals surface area (Å²) in [6.45, 7) is 4.42. The van der Waals surface area contributed by atoms with Crippen LogP contribution in [0.15, 0.2) is 24.3 Å². The van der Waals surface area contributed by atoms with Gasteiger partial charge in [0.05, 0.1) is 0 Å². The third-order valence-corrected chi connectivity index (χ3v) is 3.95. The van der Waals surface area contributed by atoms with E-state index >= 15 is 0 Å². The molecule has 0 spiro atoms. The molecular formula is C16H22N2O3. The summed E-state index contributed by atoms with van der Waals surface area (Å²) in [7, 11) is 0. The fourth-order valence-electron chi connectivity index (χ4n) is 2.78. The molecule has 21 heavy (non-hydrogen) atoms. The Labute approximate surface area is 125 Å². The number of hydrogen-bond acceptors (Lipinski definition) is 4. The number of likely N-dealkylation sites (tertiary alicyclic amines) is 1. The summed E-state index contributed by atoms with van der Waals surface area (Å²) in [6, 6.07) is 7.43. The second kappa shape index (κ2) is 6.80. The smallest absolute Gasteiger partial charge is 0.264 e. The van der Waals surface area contributed by atoms with Crippen LogP contribution >= 0.6 is 0 Å². The molecule has 114 valence electrons. The van der Waals surface area contributed by atoms with Crippen molar-refractivity contribution in [1.82, 2.24) is 10.2 Å². The van der Waals surface area contributed by atoms with Crippen LogP contribution in [0.25, 0.3) is 0 Å². The maximum absolute atomic E-state index is 12.1. The van der Waals surface area contributed by atoms with E-state index in [4.69, 9.17) is 9.47 Å². The molecule has 1 saturated heterocycles. The predicted molar refractivity (Wildman–Crippen MR) is 79.7 cm³/mol. The number of carbonyl (C=O) groups excluding carboxylic acids is 1. The fourth-order valence-corrected chi connectivity index (χ4v) is 2.78. The summed E-state index contributed by atoms with van der Waals surface area (Å²) in [5, 5.41) is 2.94. The Morgan fingerprint density at radius 2 is 2.00 bits per heavy atom. The number of nitrogens with zero attached hydrogens (tertiary/aromatic N) is 1. The van der Waals surface area contributed by atoms with E-state index in [-0.39, 0.29) is 12.5 Å². The zero-order valence-electron chi connectivity index (χ0n) is 12.2. The van der Waals surface area contributed by atoms with Crippen LogP contribution in [0.2, 0.25) is 0 Å². The third kappa shape index (κ3) is 3.67. The molecule has 1 N–H and O–H groups in total. The Kier molecular flexibility index (Phi) is 4.60. The fraction of sp³-hybridized carbons (Fsp3) is 0.562. The normalized spacial score (nSPS) is 21.2. The van der Waals surface area contributed by atoms with Crippen molar-refractivity contribution in [1.29, 1.82) is 0 Å². The van der Waals surface area contributed by atoms with Gasteiger partial charge in [-0.3, -0.25) is 4.79 Å². The van der Waals surface area contributed by atoms with Crippen molar-refractivity contribution < 1.29 is 14.3 Å². The van der Waals surface area contributed by atoms with Crippen LogP contribution in [-0.2, 0) is 4.79 Å². The Morgan fingerprint density at radius 3 is 2.81 bits per heavy atom. The van der Waals surface area contributed by atoms with Crippen LogP contribution < -0.4 is 14.8 Å². The van der Waals surface area contributed by atoms with Gasteiger partial charge in [0.1, 0.15) is 6.61 Å². The van der Waals surface area contributed by atoms with Crippen LogP contribution in [-0.4, -0.2) is 49.7 Å². The van der Waals surface area contributed by atoms with Crippen molar-refractivity contribution in [3.63, 3.8) is 0 Å². The molecule has 1 fully saturated rings. The molecule has 5 nitrogen and oxygen atoms in total. The highest BCUT2D eigenvalue weighted by molar-refractivity contribution is 5.81. The Hall–Kier alpha value is -1.75. The lowest BCUT2D eigenvalue weighted by Crippen LogP contribution is -2.44. The Bertz CT molecular complexity index is 486.